The molecule has 0 aromatic heterocycles. The zero-order valence-electron chi connectivity index (χ0n) is 8.43. The van der Waals surface area contributed by atoms with E-state index in [-0.39, 0.29) is 12.8 Å². The summed E-state index contributed by atoms with van der Waals surface area (Å²) in [5.41, 5.74) is 0. The third kappa shape index (κ3) is 4.74. The molecule has 0 aromatic rings. The van der Waals surface area contributed by atoms with Crippen molar-refractivity contribution >= 4 is 21.4 Å². The molecule has 0 rings (SSSR count). The van der Waals surface area contributed by atoms with Crippen molar-refractivity contribution in [2.24, 2.45) is 0 Å². The summed E-state index contributed by atoms with van der Waals surface area (Å²) in [7, 11) is -6.07. The number of rotatable bonds is 8. The van der Waals surface area contributed by atoms with Gasteiger partial charge in [0.15, 0.2) is 0 Å². The van der Waals surface area contributed by atoms with E-state index in [1.807, 2.05) is 0 Å². The molecule has 0 aromatic carbocycles. The van der Waals surface area contributed by atoms with Gasteiger partial charge in [0.05, 0.1) is 16.6 Å². The molecule has 0 saturated carbocycles. The first kappa shape index (κ1) is 15.8. The molecule has 0 radical (unpaired) electrons. The standard InChI is InChI=1S/C7H16O7S2/c8-3-1-5(15(11)12)7(10)6(2-4-9)16(13)14/h5-10,15-16H,1-4H2. The van der Waals surface area contributed by atoms with Crippen molar-refractivity contribution in [2.75, 3.05) is 13.2 Å². The molecule has 0 heterocycles. The molecular formula is C7H16O7S2. The van der Waals surface area contributed by atoms with Gasteiger partial charge in [-0.1, -0.05) is 0 Å². The fourth-order valence-corrected chi connectivity index (χ4v) is 3.03. The fourth-order valence-electron chi connectivity index (χ4n) is 1.32. The quantitative estimate of drug-likeness (QED) is 0.300. The summed E-state index contributed by atoms with van der Waals surface area (Å²) < 4.78 is 43.1. The molecule has 0 bridgehead atoms. The molecule has 0 spiro atoms. The summed E-state index contributed by atoms with van der Waals surface area (Å²) in [5, 5.41) is 24.2. The monoisotopic (exact) mass is 276 g/mol. The van der Waals surface area contributed by atoms with Crippen LogP contribution in [0.2, 0.25) is 0 Å². The summed E-state index contributed by atoms with van der Waals surface area (Å²) in [6, 6.07) is 0. The Morgan fingerprint density at radius 3 is 1.31 bits per heavy atom. The van der Waals surface area contributed by atoms with Crippen LogP contribution in [-0.4, -0.2) is 62.0 Å². The van der Waals surface area contributed by atoms with Crippen LogP contribution in [0, 0.1) is 0 Å². The number of hydrogen-bond acceptors (Lipinski definition) is 7. The normalized spacial score (nSPS) is 17.6. The van der Waals surface area contributed by atoms with Gasteiger partial charge in [-0.2, -0.15) is 0 Å². The van der Waals surface area contributed by atoms with Crippen LogP contribution < -0.4 is 0 Å². The molecule has 2 atom stereocenters. The van der Waals surface area contributed by atoms with Crippen LogP contribution in [0.25, 0.3) is 0 Å². The fraction of sp³-hybridized carbons (Fsp3) is 1.00. The van der Waals surface area contributed by atoms with E-state index in [2.05, 4.69) is 0 Å². The Morgan fingerprint density at radius 1 is 0.812 bits per heavy atom. The Morgan fingerprint density at radius 2 is 1.12 bits per heavy atom. The van der Waals surface area contributed by atoms with Crippen molar-refractivity contribution in [3.63, 3.8) is 0 Å². The molecule has 0 saturated heterocycles. The van der Waals surface area contributed by atoms with Crippen LogP contribution in [0.4, 0.5) is 0 Å². The second kappa shape index (κ2) is 7.96. The lowest BCUT2D eigenvalue weighted by Crippen LogP contribution is -2.40. The molecule has 98 valence electrons. The maximum atomic E-state index is 10.8. The Kier molecular flexibility index (Phi) is 7.85. The van der Waals surface area contributed by atoms with Crippen LogP contribution in [0.3, 0.4) is 0 Å². The molecule has 3 N–H and O–H groups in total. The predicted molar refractivity (Wildman–Crippen MR) is 57.6 cm³/mol. The van der Waals surface area contributed by atoms with Crippen molar-refractivity contribution in [1.82, 2.24) is 0 Å². The van der Waals surface area contributed by atoms with Crippen LogP contribution in [0.1, 0.15) is 12.8 Å². The van der Waals surface area contributed by atoms with Gasteiger partial charge in [-0.25, -0.2) is 16.8 Å². The highest BCUT2D eigenvalue weighted by Crippen LogP contribution is 2.13. The van der Waals surface area contributed by atoms with E-state index in [4.69, 9.17) is 10.2 Å². The van der Waals surface area contributed by atoms with E-state index in [1.54, 1.807) is 0 Å². The maximum absolute atomic E-state index is 10.8. The highest BCUT2D eigenvalue weighted by molar-refractivity contribution is 7.74. The lowest BCUT2D eigenvalue weighted by molar-refractivity contribution is 0.137. The molecule has 0 aliphatic carbocycles. The Labute approximate surface area is 96.6 Å². The van der Waals surface area contributed by atoms with Crippen LogP contribution >= 0.6 is 0 Å². The first-order valence-corrected chi connectivity index (χ1v) is 7.11. The van der Waals surface area contributed by atoms with Crippen molar-refractivity contribution in [1.29, 1.82) is 0 Å². The zero-order valence-corrected chi connectivity index (χ0v) is 10.2. The topological polar surface area (TPSA) is 129 Å². The van der Waals surface area contributed by atoms with E-state index in [0.717, 1.165) is 0 Å². The Bertz CT molecular complexity index is 288. The summed E-state index contributed by atoms with van der Waals surface area (Å²) in [4.78, 5) is 0. The summed E-state index contributed by atoms with van der Waals surface area (Å²) in [6.45, 7) is -0.931. The van der Waals surface area contributed by atoms with Crippen molar-refractivity contribution < 1.29 is 32.2 Å². The Hall–Kier alpha value is -0.220. The minimum Gasteiger partial charge on any atom is -0.396 e. The lowest BCUT2D eigenvalue weighted by Gasteiger charge is -2.21. The zero-order chi connectivity index (χ0) is 12.7. The second-order valence-corrected chi connectivity index (χ2v) is 5.69. The molecule has 9 heteroatoms. The molecular weight excluding hydrogens is 260 g/mol. The van der Waals surface area contributed by atoms with E-state index < -0.39 is 51.2 Å². The second-order valence-electron chi connectivity index (χ2n) is 3.22. The van der Waals surface area contributed by atoms with Gasteiger partial charge in [0.1, 0.15) is 21.4 Å². The highest BCUT2D eigenvalue weighted by Gasteiger charge is 2.31. The summed E-state index contributed by atoms with van der Waals surface area (Å²) in [6.07, 6.45) is -2.09. The third-order valence-electron chi connectivity index (χ3n) is 2.18. The first-order valence-electron chi connectivity index (χ1n) is 4.62. The number of aliphatic hydroxyl groups is 3. The summed E-state index contributed by atoms with van der Waals surface area (Å²) >= 11 is 0. The lowest BCUT2D eigenvalue weighted by atomic mass is 10.1. The van der Waals surface area contributed by atoms with Gasteiger partial charge in [0, 0.05) is 13.2 Å². The van der Waals surface area contributed by atoms with Gasteiger partial charge in [-0.05, 0) is 12.8 Å². The van der Waals surface area contributed by atoms with Crippen LogP contribution in [0.15, 0.2) is 0 Å². The van der Waals surface area contributed by atoms with Crippen molar-refractivity contribution in [3.05, 3.63) is 0 Å². The average molecular weight is 276 g/mol. The van der Waals surface area contributed by atoms with Crippen molar-refractivity contribution in [2.45, 2.75) is 29.4 Å². The minimum atomic E-state index is -3.04. The summed E-state index contributed by atoms with van der Waals surface area (Å²) in [5.74, 6) is 0. The van der Waals surface area contributed by atoms with Crippen molar-refractivity contribution in [3.8, 4) is 0 Å². The van der Waals surface area contributed by atoms with Gasteiger partial charge in [0.2, 0.25) is 0 Å². The highest BCUT2D eigenvalue weighted by atomic mass is 32.2. The maximum Gasteiger partial charge on any atom is 0.145 e. The molecule has 2 unspecified atom stereocenters. The molecule has 0 amide bonds. The first-order chi connectivity index (χ1) is 7.45. The van der Waals surface area contributed by atoms with E-state index >= 15 is 0 Å². The van der Waals surface area contributed by atoms with E-state index in [0.29, 0.717) is 0 Å². The number of aliphatic hydroxyl groups excluding tert-OH is 3. The van der Waals surface area contributed by atoms with Gasteiger partial charge >= 0.3 is 0 Å². The van der Waals surface area contributed by atoms with Gasteiger partial charge in [-0.15, -0.1) is 0 Å². The molecule has 0 fully saturated rings. The minimum absolute atomic E-state index is 0.231. The van der Waals surface area contributed by atoms with Gasteiger partial charge in [0.25, 0.3) is 0 Å². The Balaban J connectivity index is 4.85. The number of hydrogen-bond donors (Lipinski definition) is 5. The molecule has 7 nitrogen and oxygen atoms in total. The van der Waals surface area contributed by atoms with Crippen LogP contribution in [-0.2, 0) is 21.4 Å². The number of thiol groups is 2. The van der Waals surface area contributed by atoms with E-state index in [1.165, 1.54) is 0 Å². The van der Waals surface area contributed by atoms with Crippen LogP contribution in [0.5, 0.6) is 0 Å². The van der Waals surface area contributed by atoms with E-state index in [9.17, 15) is 21.9 Å². The smallest absolute Gasteiger partial charge is 0.145 e. The van der Waals surface area contributed by atoms with Gasteiger partial charge < -0.3 is 15.3 Å². The molecule has 16 heavy (non-hydrogen) atoms. The third-order valence-corrected chi connectivity index (χ3v) is 4.39. The largest absolute Gasteiger partial charge is 0.396 e. The molecule has 0 aliphatic heterocycles. The predicted octanol–water partition coefficient (Wildman–Crippen LogP) is -2.93. The van der Waals surface area contributed by atoms with Gasteiger partial charge in [-0.3, -0.25) is 0 Å². The SMILES string of the molecule is O=[SH](=O)C(CCO)C(O)C(CCO)[SH](=O)=O. The molecule has 0 aliphatic rings. The average Bonchev–Trinajstić information content (AvgIpc) is 2.20.